The summed E-state index contributed by atoms with van der Waals surface area (Å²) in [5.74, 6) is 1.58. The van der Waals surface area contributed by atoms with E-state index in [4.69, 9.17) is 10.5 Å². The van der Waals surface area contributed by atoms with Gasteiger partial charge in [-0.2, -0.15) is 0 Å². The third-order valence-electron chi connectivity index (χ3n) is 3.55. The number of pyridine rings is 1. The van der Waals surface area contributed by atoms with Crippen molar-refractivity contribution in [2.45, 2.75) is 12.8 Å². The van der Waals surface area contributed by atoms with Crippen molar-refractivity contribution in [1.82, 2.24) is 19.5 Å². The zero-order valence-corrected chi connectivity index (χ0v) is 14.7. The highest BCUT2D eigenvalue weighted by molar-refractivity contribution is 14.0. The van der Waals surface area contributed by atoms with E-state index < -0.39 is 0 Å². The predicted molar refractivity (Wildman–Crippen MR) is 95.6 cm³/mol. The summed E-state index contributed by atoms with van der Waals surface area (Å²) in [6.45, 7) is 3.79. The first-order chi connectivity index (χ1) is 10.3. The van der Waals surface area contributed by atoms with Crippen molar-refractivity contribution in [3.05, 3.63) is 30.2 Å². The van der Waals surface area contributed by atoms with Crippen LogP contribution in [0.2, 0.25) is 0 Å². The lowest BCUT2D eigenvalue weighted by molar-refractivity contribution is 0.0674. The maximum absolute atomic E-state index is 5.99. The molecule has 2 aromatic rings. The van der Waals surface area contributed by atoms with Crippen LogP contribution in [0, 0.1) is 0 Å². The Labute approximate surface area is 146 Å². The molecule has 0 unspecified atom stereocenters. The molecule has 22 heavy (non-hydrogen) atoms. The van der Waals surface area contributed by atoms with Gasteiger partial charge in [-0.1, -0.05) is 6.07 Å². The van der Waals surface area contributed by atoms with Crippen LogP contribution in [0.5, 0.6) is 0 Å². The Morgan fingerprint density at radius 1 is 1.27 bits per heavy atom. The maximum atomic E-state index is 5.99. The smallest absolute Gasteiger partial charge is 0.191 e. The van der Waals surface area contributed by atoms with Crippen LogP contribution in [-0.4, -0.2) is 58.3 Å². The molecule has 0 amide bonds. The first-order valence-electron chi connectivity index (χ1n) is 7.26. The molecule has 1 fully saturated rings. The van der Waals surface area contributed by atoms with Gasteiger partial charge >= 0.3 is 0 Å². The number of guanidine groups is 1. The van der Waals surface area contributed by atoms with E-state index in [2.05, 4.69) is 20.1 Å². The molecule has 0 spiro atoms. The van der Waals surface area contributed by atoms with E-state index in [1.165, 1.54) is 0 Å². The molecule has 3 rings (SSSR count). The molecule has 0 atom stereocenters. The molecule has 0 saturated carbocycles. The Balaban J connectivity index is 0.00000176. The van der Waals surface area contributed by atoms with E-state index in [0.717, 1.165) is 50.6 Å². The van der Waals surface area contributed by atoms with Gasteiger partial charge in [0, 0.05) is 32.3 Å². The molecule has 0 aromatic carbocycles. The summed E-state index contributed by atoms with van der Waals surface area (Å²) < 4.78 is 7.30. The second-order valence-electron chi connectivity index (χ2n) is 4.99. The quantitative estimate of drug-likeness (QED) is 0.347. The number of morpholine rings is 1. The average Bonchev–Trinajstić information content (AvgIpc) is 2.95. The summed E-state index contributed by atoms with van der Waals surface area (Å²) in [5.41, 5.74) is 6.86. The molecule has 0 radical (unpaired) electrons. The molecule has 3 heterocycles. The number of halogens is 1. The van der Waals surface area contributed by atoms with Crippen molar-refractivity contribution in [3.63, 3.8) is 0 Å². The zero-order chi connectivity index (χ0) is 14.5. The highest BCUT2D eigenvalue weighted by atomic mass is 127. The van der Waals surface area contributed by atoms with Gasteiger partial charge in [-0.15, -0.1) is 34.2 Å². The molecular formula is C14H21IN6O. The molecule has 2 N–H and O–H groups in total. The maximum Gasteiger partial charge on any atom is 0.191 e. The van der Waals surface area contributed by atoms with E-state index in [9.17, 15) is 0 Å². The Hall–Kier alpha value is -1.42. The Morgan fingerprint density at radius 2 is 2.09 bits per heavy atom. The topological polar surface area (TPSA) is 81.0 Å². The number of nitrogens with two attached hydrogens (primary N) is 1. The first-order valence-corrected chi connectivity index (χ1v) is 7.26. The molecule has 1 saturated heterocycles. The molecule has 0 bridgehead atoms. The number of aliphatic imine (C=N–C) groups is 1. The SMILES string of the molecule is I.NC(=NCCCc1nnc2ccccn12)N1CCOCC1. The summed E-state index contributed by atoms with van der Waals surface area (Å²) in [5, 5.41) is 8.34. The van der Waals surface area contributed by atoms with Crippen LogP contribution in [0.1, 0.15) is 12.2 Å². The summed E-state index contributed by atoms with van der Waals surface area (Å²) in [4.78, 5) is 6.50. The Bertz CT molecular complexity index is 623. The van der Waals surface area contributed by atoms with Crippen molar-refractivity contribution in [2.75, 3.05) is 32.8 Å². The molecule has 120 valence electrons. The number of hydrogen-bond acceptors (Lipinski definition) is 4. The van der Waals surface area contributed by atoms with Gasteiger partial charge in [0.2, 0.25) is 0 Å². The Kier molecular flexibility index (Phi) is 6.37. The Morgan fingerprint density at radius 3 is 2.91 bits per heavy atom. The van der Waals surface area contributed by atoms with Gasteiger partial charge in [0.15, 0.2) is 11.6 Å². The number of hydrogen-bond donors (Lipinski definition) is 1. The van der Waals surface area contributed by atoms with E-state index in [0.29, 0.717) is 12.5 Å². The molecule has 8 heteroatoms. The molecule has 0 aliphatic carbocycles. The van der Waals surface area contributed by atoms with E-state index in [1.807, 2.05) is 28.8 Å². The van der Waals surface area contributed by atoms with Gasteiger partial charge in [0.05, 0.1) is 13.2 Å². The van der Waals surface area contributed by atoms with Crippen LogP contribution >= 0.6 is 24.0 Å². The van der Waals surface area contributed by atoms with Crippen molar-refractivity contribution < 1.29 is 4.74 Å². The van der Waals surface area contributed by atoms with Gasteiger partial charge in [-0.3, -0.25) is 9.39 Å². The fourth-order valence-corrected chi connectivity index (χ4v) is 2.38. The fourth-order valence-electron chi connectivity index (χ4n) is 2.38. The van der Waals surface area contributed by atoms with Crippen molar-refractivity contribution in [2.24, 2.45) is 10.7 Å². The van der Waals surface area contributed by atoms with Gasteiger partial charge in [0.1, 0.15) is 5.82 Å². The van der Waals surface area contributed by atoms with Crippen molar-refractivity contribution >= 4 is 35.6 Å². The van der Waals surface area contributed by atoms with Crippen molar-refractivity contribution in [1.29, 1.82) is 0 Å². The number of nitrogens with zero attached hydrogens (tertiary/aromatic N) is 5. The second kappa shape index (κ2) is 8.28. The largest absolute Gasteiger partial charge is 0.378 e. The van der Waals surface area contributed by atoms with E-state index in [1.54, 1.807) is 0 Å². The number of fused-ring (bicyclic) bond motifs is 1. The van der Waals surface area contributed by atoms with Gasteiger partial charge in [-0.05, 0) is 18.6 Å². The minimum Gasteiger partial charge on any atom is -0.378 e. The fraction of sp³-hybridized carbons (Fsp3) is 0.500. The lowest BCUT2D eigenvalue weighted by Gasteiger charge is -2.27. The summed E-state index contributed by atoms with van der Waals surface area (Å²) >= 11 is 0. The minimum absolute atomic E-state index is 0. The van der Waals surface area contributed by atoms with Gasteiger partial charge in [0.25, 0.3) is 0 Å². The van der Waals surface area contributed by atoms with E-state index in [-0.39, 0.29) is 24.0 Å². The normalized spacial score (nSPS) is 15.8. The van der Waals surface area contributed by atoms with Crippen LogP contribution in [0.25, 0.3) is 5.65 Å². The van der Waals surface area contributed by atoms with Crippen LogP contribution in [0.4, 0.5) is 0 Å². The number of aryl methyl sites for hydroxylation is 1. The van der Waals surface area contributed by atoms with Crippen LogP contribution in [0.15, 0.2) is 29.4 Å². The molecular weight excluding hydrogens is 395 g/mol. The number of ether oxygens (including phenoxy) is 1. The zero-order valence-electron chi connectivity index (χ0n) is 12.4. The van der Waals surface area contributed by atoms with Crippen LogP contribution in [0.3, 0.4) is 0 Å². The molecule has 1 aliphatic heterocycles. The third-order valence-corrected chi connectivity index (χ3v) is 3.55. The summed E-state index contributed by atoms with van der Waals surface area (Å²) in [6, 6.07) is 5.89. The molecule has 2 aromatic heterocycles. The standard InChI is InChI=1S/C14H20N6O.HI/c15-14(19-8-10-21-11-9-19)16-6-3-5-13-18-17-12-4-1-2-7-20(12)13;/h1-2,4,7H,3,5-6,8-11H2,(H2,15,16);1H. The average molecular weight is 416 g/mol. The summed E-state index contributed by atoms with van der Waals surface area (Å²) in [6.07, 6.45) is 3.72. The highest BCUT2D eigenvalue weighted by Crippen LogP contribution is 2.05. The first kappa shape index (κ1) is 16.9. The lowest BCUT2D eigenvalue weighted by Crippen LogP contribution is -2.44. The monoisotopic (exact) mass is 416 g/mol. The highest BCUT2D eigenvalue weighted by Gasteiger charge is 2.11. The van der Waals surface area contributed by atoms with Gasteiger partial charge < -0.3 is 15.4 Å². The van der Waals surface area contributed by atoms with Crippen LogP contribution < -0.4 is 5.73 Å². The lowest BCUT2D eigenvalue weighted by atomic mass is 10.3. The minimum atomic E-state index is 0. The second-order valence-corrected chi connectivity index (χ2v) is 4.99. The van der Waals surface area contributed by atoms with Crippen molar-refractivity contribution in [3.8, 4) is 0 Å². The number of rotatable bonds is 4. The van der Waals surface area contributed by atoms with E-state index >= 15 is 0 Å². The number of aromatic nitrogens is 3. The molecule has 7 nitrogen and oxygen atoms in total. The van der Waals surface area contributed by atoms with Crippen LogP contribution in [-0.2, 0) is 11.2 Å². The molecule has 1 aliphatic rings. The summed E-state index contributed by atoms with van der Waals surface area (Å²) in [7, 11) is 0. The predicted octanol–water partition coefficient (Wildman–Crippen LogP) is 0.927. The van der Waals surface area contributed by atoms with Gasteiger partial charge in [-0.25, -0.2) is 0 Å². The third kappa shape index (κ3) is 4.07.